The number of nitrogens with two attached hydrogens (primary N) is 1. The summed E-state index contributed by atoms with van der Waals surface area (Å²) in [4.78, 5) is 0. The lowest BCUT2D eigenvalue weighted by atomic mass is 10.1. The van der Waals surface area contributed by atoms with E-state index in [1.807, 2.05) is 0 Å². The van der Waals surface area contributed by atoms with Crippen molar-refractivity contribution in [1.82, 2.24) is 5.32 Å². The van der Waals surface area contributed by atoms with Crippen LogP contribution in [0.2, 0.25) is 0 Å². The molecular weight excluding hydrogens is 192 g/mol. The molecule has 0 aliphatic carbocycles. The van der Waals surface area contributed by atoms with Gasteiger partial charge in [-0.25, -0.2) is 0 Å². The van der Waals surface area contributed by atoms with Gasteiger partial charge in [0.05, 0.1) is 6.61 Å². The van der Waals surface area contributed by atoms with Crippen molar-refractivity contribution in [1.29, 1.82) is 0 Å². The Balaban J connectivity index is 2.21. The summed E-state index contributed by atoms with van der Waals surface area (Å²) in [5.74, 6) is 0. The second-order valence-corrected chi connectivity index (χ2v) is 4.14. The molecule has 0 spiro atoms. The summed E-state index contributed by atoms with van der Waals surface area (Å²) in [5.41, 5.74) is 5.52. The second kappa shape index (κ2) is 8.05. The van der Waals surface area contributed by atoms with Gasteiger partial charge < -0.3 is 20.5 Å². The zero-order valence-corrected chi connectivity index (χ0v) is 9.71. The van der Waals surface area contributed by atoms with Gasteiger partial charge in [0.15, 0.2) is 0 Å². The Morgan fingerprint density at radius 3 is 2.80 bits per heavy atom. The first-order valence-corrected chi connectivity index (χ1v) is 5.89. The summed E-state index contributed by atoms with van der Waals surface area (Å²) in [7, 11) is 1.75. The van der Waals surface area contributed by atoms with Crippen LogP contribution in [0.15, 0.2) is 0 Å². The zero-order valence-electron chi connectivity index (χ0n) is 9.71. The standard InChI is InChI=1S/C11H24N2O2/c1-14-9-11(3-2-6-12)13-10-4-7-15-8-5-10/h10-11,13H,2-9,12H2,1H3. The number of hydrogen-bond acceptors (Lipinski definition) is 4. The van der Waals surface area contributed by atoms with Crippen molar-refractivity contribution >= 4 is 0 Å². The van der Waals surface area contributed by atoms with Crippen molar-refractivity contribution in [3.63, 3.8) is 0 Å². The van der Waals surface area contributed by atoms with Gasteiger partial charge >= 0.3 is 0 Å². The van der Waals surface area contributed by atoms with Crippen LogP contribution in [0.4, 0.5) is 0 Å². The van der Waals surface area contributed by atoms with Gasteiger partial charge in [-0.2, -0.15) is 0 Å². The van der Waals surface area contributed by atoms with Crippen LogP contribution in [0.25, 0.3) is 0 Å². The lowest BCUT2D eigenvalue weighted by molar-refractivity contribution is 0.0679. The molecule has 1 aliphatic rings. The van der Waals surface area contributed by atoms with Gasteiger partial charge in [0, 0.05) is 32.4 Å². The summed E-state index contributed by atoms with van der Waals surface area (Å²) >= 11 is 0. The second-order valence-electron chi connectivity index (χ2n) is 4.14. The highest BCUT2D eigenvalue weighted by molar-refractivity contribution is 4.76. The number of nitrogens with one attached hydrogen (secondary N) is 1. The average molecular weight is 216 g/mol. The van der Waals surface area contributed by atoms with Crippen LogP contribution in [0.5, 0.6) is 0 Å². The maximum atomic E-state index is 5.52. The Hall–Kier alpha value is -0.160. The minimum absolute atomic E-state index is 0.446. The molecule has 15 heavy (non-hydrogen) atoms. The Morgan fingerprint density at radius 1 is 1.47 bits per heavy atom. The van der Waals surface area contributed by atoms with Gasteiger partial charge in [-0.3, -0.25) is 0 Å². The first-order chi connectivity index (χ1) is 7.36. The monoisotopic (exact) mass is 216 g/mol. The zero-order chi connectivity index (χ0) is 10.9. The fourth-order valence-corrected chi connectivity index (χ4v) is 1.98. The molecule has 1 atom stereocenters. The average Bonchev–Trinajstić information content (AvgIpc) is 2.28. The number of hydrogen-bond donors (Lipinski definition) is 2. The van der Waals surface area contributed by atoms with Gasteiger partial charge in [-0.05, 0) is 32.2 Å². The highest BCUT2D eigenvalue weighted by atomic mass is 16.5. The first-order valence-electron chi connectivity index (χ1n) is 5.89. The minimum atomic E-state index is 0.446. The number of ether oxygens (including phenoxy) is 2. The fraction of sp³-hybridized carbons (Fsp3) is 1.00. The Morgan fingerprint density at radius 2 is 2.20 bits per heavy atom. The molecule has 1 rings (SSSR count). The maximum absolute atomic E-state index is 5.52. The summed E-state index contributed by atoms with van der Waals surface area (Å²) in [6.07, 6.45) is 4.39. The van der Waals surface area contributed by atoms with Crippen molar-refractivity contribution in [2.45, 2.75) is 37.8 Å². The van der Waals surface area contributed by atoms with Crippen LogP contribution < -0.4 is 11.1 Å². The lowest BCUT2D eigenvalue weighted by Crippen LogP contribution is -2.43. The quantitative estimate of drug-likeness (QED) is 0.651. The van der Waals surface area contributed by atoms with Crippen molar-refractivity contribution in [2.75, 3.05) is 33.5 Å². The van der Waals surface area contributed by atoms with Crippen LogP contribution in [-0.4, -0.2) is 45.6 Å². The third kappa shape index (κ3) is 5.47. The molecule has 1 heterocycles. The summed E-state index contributed by atoms with van der Waals surface area (Å²) in [6.45, 7) is 3.30. The molecule has 0 bridgehead atoms. The molecule has 4 heteroatoms. The maximum Gasteiger partial charge on any atom is 0.0615 e. The Kier molecular flexibility index (Phi) is 6.92. The van der Waals surface area contributed by atoms with Crippen LogP contribution in [0, 0.1) is 0 Å². The molecule has 1 aliphatic heterocycles. The van der Waals surface area contributed by atoms with Crippen LogP contribution in [0.3, 0.4) is 0 Å². The molecule has 0 aromatic rings. The largest absolute Gasteiger partial charge is 0.383 e. The molecule has 0 amide bonds. The highest BCUT2D eigenvalue weighted by Crippen LogP contribution is 2.09. The predicted octanol–water partition coefficient (Wildman–Crippen LogP) is 0.509. The SMILES string of the molecule is COCC(CCCN)NC1CCOCC1. The summed E-state index contributed by atoms with van der Waals surface area (Å²) in [6, 6.07) is 1.04. The number of rotatable bonds is 7. The van der Waals surface area contributed by atoms with E-state index in [1.165, 1.54) is 0 Å². The van der Waals surface area contributed by atoms with E-state index in [-0.39, 0.29) is 0 Å². The third-order valence-corrected chi connectivity index (χ3v) is 2.82. The van der Waals surface area contributed by atoms with Gasteiger partial charge in [0.2, 0.25) is 0 Å². The Labute approximate surface area is 92.5 Å². The number of methoxy groups -OCH3 is 1. The molecular formula is C11H24N2O2. The van der Waals surface area contributed by atoms with Crippen LogP contribution in [-0.2, 0) is 9.47 Å². The smallest absolute Gasteiger partial charge is 0.0615 e. The lowest BCUT2D eigenvalue weighted by Gasteiger charge is -2.28. The fourth-order valence-electron chi connectivity index (χ4n) is 1.98. The van der Waals surface area contributed by atoms with E-state index in [1.54, 1.807) is 7.11 Å². The van der Waals surface area contributed by atoms with Gasteiger partial charge in [0.1, 0.15) is 0 Å². The minimum Gasteiger partial charge on any atom is -0.383 e. The third-order valence-electron chi connectivity index (χ3n) is 2.82. The summed E-state index contributed by atoms with van der Waals surface area (Å²) in [5, 5.41) is 3.63. The molecule has 1 saturated heterocycles. The van der Waals surface area contributed by atoms with Crippen LogP contribution in [0.1, 0.15) is 25.7 Å². The molecule has 0 aromatic carbocycles. The molecule has 0 saturated carbocycles. The summed E-state index contributed by atoms with van der Waals surface area (Å²) < 4.78 is 10.5. The molecule has 4 nitrogen and oxygen atoms in total. The highest BCUT2D eigenvalue weighted by Gasteiger charge is 2.17. The molecule has 0 radical (unpaired) electrons. The van der Waals surface area contributed by atoms with Gasteiger partial charge in [-0.15, -0.1) is 0 Å². The normalized spacial score (nSPS) is 20.4. The van der Waals surface area contributed by atoms with Crippen LogP contribution >= 0.6 is 0 Å². The van der Waals surface area contributed by atoms with Crippen molar-refractivity contribution in [3.05, 3.63) is 0 Å². The topological polar surface area (TPSA) is 56.5 Å². The van der Waals surface area contributed by atoms with Crippen molar-refractivity contribution < 1.29 is 9.47 Å². The van der Waals surface area contributed by atoms with Crippen molar-refractivity contribution in [2.24, 2.45) is 5.73 Å². The Bertz CT molecular complexity index is 150. The van der Waals surface area contributed by atoms with E-state index < -0.39 is 0 Å². The molecule has 3 N–H and O–H groups in total. The van der Waals surface area contributed by atoms with Gasteiger partial charge in [0.25, 0.3) is 0 Å². The van der Waals surface area contributed by atoms with E-state index in [9.17, 15) is 0 Å². The molecule has 0 aromatic heterocycles. The van der Waals surface area contributed by atoms with Gasteiger partial charge in [-0.1, -0.05) is 0 Å². The molecule has 1 unspecified atom stereocenters. The molecule has 90 valence electrons. The van der Waals surface area contributed by atoms with E-state index in [4.69, 9.17) is 15.2 Å². The first kappa shape index (κ1) is 12.9. The van der Waals surface area contributed by atoms with E-state index in [0.717, 1.165) is 52.0 Å². The molecule has 1 fully saturated rings. The van der Waals surface area contributed by atoms with Crippen molar-refractivity contribution in [3.8, 4) is 0 Å². The van der Waals surface area contributed by atoms with E-state index >= 15 is 0 Å². The van der Waals surface area contributed by atoms with E-state index in [0.29, 0.717) is 12.1 Å². The van der Waals surface area contributed by atoms with E-state index in [2.05, 4.69) is 5.32 Å². The predicted molar refractivity (Wildman–Crippen MR) is 60.9 cm³/mol.